The molecule has 6 heteroatoms. The predicted molar refractivity (Wildman–Crippen MR) is 87.5 cm³/mol. The second-order valence-corrected chi connectivity index (χ2v) is 5.83. The van der Waals surface area contributed by atoms with Crippen molar-refractivity contribution in [2.75, 3.05) is 7.11 Å². The van der Waals surface area contributed by atoms with E-state index in [1.807, 2.05) is 31.5 Å². The van der Waals surface area contributed by atoms with Crippen LogP contribution in [0.2, 0.25) is 0 Å². The van der Waals surface area contributed by atoms with Crippen LogP contribution in [-0.2, 0) is 6.42 Å². The lowest BCUT2D eigenvalue weighted by Gasteiger charge is -2.11. The third-order valence-corrected chi connectivity index (χ3v) is 4.52. The maximum atomic E-state index is 10.3. The number of hydrogen-bond acceptors (Lipinski definition) is 5. The molecule has 0 aliphatic rings. The van der Waals surface area contributed by atoms with Crippen LogP contribution in [0.1, 0.15) is 18.2 Å². The Kier molecular flexibility index (Phi) is 3.85. The molecule has 0 amide bonds. The molecule has 0 bridgehead atoms. The first-order valence-corrected chi connectivity index (χ1v) is 7.88. The Balaban J connectivity index is 2.15. The van der Waals surface area contributed by atoms with Crippen LogP contribution in [-0.4, -0.2) is 27.4 Å². The molecule has 0 spiro atoms. The van der Waals surface area contributed by atoms with E-state index in [0.29, 0.717) is 17.0 Å². The van der Waals surface area contributed by atoms with Gasteiger partial charge in [0.2, 0.25) is 0 Å². The standard InChI is InChI=1S/C16H17N3O2S/c1-4-10-5-11(13(20)6-14(10)21-3)15-12(7-17-19-15)16-18-9(2)8-22-16/h5-8,20H,4H2,1-3H3,(H,17,19). The number of hydrogen-bond donors (Lipinski definition) is 2. The van der Waals surface area contributed by atoms with Crippen LogP contribution in [0.4, 0.5) is 0 Å². The van der Waals surface area contributed by atoms with Crippen molar-refractivity contribution in [2.24, 2.45) is 0 Å². The lowest BCUT2D eigenvalue weighted by Crippen LogP contribution is -1.93. The fourth-order valence-electron chi connectivity index (χ4n) is 2.41. The molecule has 2 aromatic heterocycles. The van der Waals surface area contributed by atoms with Gasteiger partial charge in [0, 0.05) is 28.9 Å². The number of rotatable bonds is 4. The van der Waals surface area contributed by atoms with Gasteiger partial charge >= 0.3 is 0 Å². The molecule has 0 aliphatic carbocycles. The van der Waals surface area contributed by atoms with Gasteiger partial charge in [0.05, 0.1) is 12.7 Å². The lowest BCUT2D eigenvalue weighted by molar-refractivity contribution is 0.403. The Hall–Kier alpha value is -2.34. The summed E-state index contributed by atoms with van der Waals surface area (Å²) in [4.78, 5) is 4.50. The first-order valence-electron chi connectivity index (χ1n) is 7.00. The molecule has 0 atom stereocenters. The molecule has 0 aliphatic heterocycles. The molecule has 0 radical (unpaired) electrons. The third kappa shape index (κ3) is 2.46. The van der Waals surface area contributed by atoms with Crippen LogP contribution in [0.3, 0.4) is 0 Å². The third-order valence-electron chi connectivity index (χ3n) is 3.52. The number of nitrogens with zero attached hydrogens (tertiary/aromatic N) is 2. The van der Waals surface area contributed by atoms with E-state index in [1.165, 1.54) is 0 Å². The zero-order valence-corrected chi connectivity index (χ0v) is 13.5. The number of ether oxygens (including phenoxy) is 1. The Morgan fingerprint density at radius 3 is 2.77 bits per heavy atom. The summed E-state index contributed by atoms with van der Waals surface area (Å²) in [5, 5.41) is 20.4. The molecule has 2 N–H and O–H groups in total. The molecule has 3 rings (SSSR count). The van der Waals surface area contributed by atoms with Crippen molar-refractivity contribution in [2.45, 2.75) is 20.3 Å². The molecular formula is C16H17N3O2S. The first kappa shape index (κ1) is 14.6. The average molecular weight is 315 g/mol. The number of phenolic OH excluding ortho intramolecular Hbond substituents is 1. The molecule has 0 fully saturated rings. The first-order chi connectivity index (χ1) is 10.6. The van der Waals surface area contributed by atoms with E-state index < -0.39 is 0 Å². The Labute approximate surface area is 132 Å². The molecule has 0 unspecified atom stereocenters. The van der Waals surface area contributed by atoms with E-state index in [-0.39, 0.29) is 5.75 Å². The van der Waals surface area contributed by atoms with Gasteiger partial charge in [-0.3, -0.25) is 5.10 Å². The number of benzene rings is 1. The Morgan fingerprint density at radius 2 is 2.14 bits per heavy atom. The molecule has 0 saturated carbocycles. The fraction of sp³-hybridized carbons (Fsp3) is 0.250. The summed E-state index contributed by atoms with van der Waals surface area (Å²) in [6, 6.07) is 3.56. The monoisotopic (exact) mass is 315 g/mol. The number of phenols is 1. The summed E-state index contributed by atoms with van der Waals surface area (Å²) in [6.07, 6.45) is 2.62. The van der Waals surface area contributed by atoms with Crippen LogP contribution in [0.15, 0.2) is 23.7 Å². The average Bonchev–Trinajstić information content (AvgIpc) is 3.15. The minimum absolute atomic E-state index is 0.149. The van der Waals surface area contributed by atoms with Crippen LogP contribution >= 0.6 is 11.3 Å². The maximum Gasteiger partial charge on any atom is 0.128 e. The van der Waals surface area contributed by atoms with E-state index in [1.54, 1.807) is 24.5 Å². The second kappa shape index (κ2) is 5.81. The highest BCUT2D eigenvalue weighted by Gasteiger charge is 2.18. The highest BCUT2D eigenvalue weighted by atomic mass is 32.1. The zero-order chi connectivity index (χ0) is 15.7. The van der Waals surface area contributed by atoms with E-state index in [0.717, 1.165) is 28.2 Å². The molecule has 1 aromatic carbocycles. The smallest absolute Gasteiger partial charge is 0.128 e. The van der Waals surface area contributed by atoms with Gasteiger partial charge in [-0.05, 0) is 25.0 Å². The normalized spacial score (nSPS) is 10.9. The largest absolute Gasteiger partial charge is 0.507 e. The predicted octanol–water partition coefficient (Wildman–Crippen LogP) is 3.79. The van der Waals surface area contributed by atoms with Gasteiger partial charge in [0.25, 0.3) is 0 Å². The van der Waals surface area contributed by atoms with Gasteiger partial charge in [0.1, 0.15) is 22.2 Å². The summed E-state index contributed by atoms with van der Waals surface area (Å²) in [5.74, 6) is 0.835. The number of aromatic hydroxyl groups is 1. The number of H-pyrrole nitrogens is 1. The van der Waals surface area contributed by atoms with Gasteiger partial charge in [-0.25, -0.2) is 4.98 Å². The van der Waals surface area contributed by atoms with E-state index in [9.17, 15) is 5.11 Å². The SMILES string of the molecule is CCc1cc(-c2n[nH]cc2-c2nc(C)cs2)c(O)cc1OC. The number of methoxy groups -OCH3 is 1. The van der Waals surface area contributed by atoms with Crippen LogP contribution < -0.4 is 4.74 Å². The van der Waals surface area contributed by atoms with Gasteiger partial charge in [-0.1, -0.05) is 6.92 Å². The van der Waals surface area contributed by atoms with Crippen molar-refractivity contribution < 1.29 is 9.84 Å². The van der Waals surface area contributed by atoms with E-state index in [2.05, 4.69) is 15.2 Å². The van der Waals surface area contributed by atoms with Crippen LogP contribution in [0.25, 0.3) is 21.8 Å². The molecule has 2 heterocycles. The zero-order valence-electron chi connectivity index (χ0n) is 12.7. The summed E-state index contributed by atoms with van der Waals surface area (Å²) in [6.45, 7) is 4.01. The summed E-state index contributed by atoms with van der Waals surface area (Å²) < 4.78 is 5.31. The number of nitrogens with one attached hydrogen (secondary N) is 1. The number of aryl methyl sites for hydroxylation is 2. The molecule has 22 heavy (non-hydrogen) atoms. The number of aromatic amines is 1. The van der Waals surface area contributed by atoms with Crippen molar-refractivity contribution in [3.05, 3.63) is 35.0 Å². The van der Waals surface area contributed by atoms with Crippen molar-refractivity contribution in [3.8, 4) is 33.3 Å². The summed E-state index contributed by atoms with van der Waals surface area (Å²) in [7, 11) is 1.60. The number of thiazole rings is 1. The lowest BCUT2D eigenvalue weighted by atomic mass is 10.0. The van der Waals surface area contributed by atoms with Crippen molar-refractivity contribution in [3.63, 3.8) is 0 Å². The molecule has 114 valence electrons. The summed E-state index contributed by atoms with van der Waals surface area (Å²) >= 11 is 1.56. The van der Waals surface area contributed by atoms with Crippen molar-refractivity contribution >= 4 is 11.3 Å². The highest BCUT2D eigenvalue weighted by Crippen LogP contribution is 2.39. The minimum Gasteiger partial charge on any atom is -0.507 e. The molecule has 5 nitrogen and oxygen atoms in total. The highest BCUT2D eigenvalue weighted by molar-refractivity contribution is 7.13. The molecule has 0 saturated heterocycles. The van der Waals surface area contributed by atoms with Crippen LogP contribution in [0.5, 0.6) is 11.5 Å². The fourth-order valence-corrected chi connectivity index (χ4v) is 3.22. The van der Waals surface area contributed by atoms with Gasteiger partial charge in [-0.15, -0.1) is 11.3 Å². The second-order valence-electron chi connectivity index (χ2n) is 4.98. The van der Waals surface area contributed by atoms with E-state index in [4.69, 9.17) is 4.74 Å². The topological polar surface area (TPSA) is 71.0 Å². The number of aromatic nitrogens is 3. The Bertz CT molecular complexity index is 808. The summed E-state index contributed by atoms with van der Waals surface area (Å²) in [5.41, 5.74) is 4.27. The minimum atomic E-state index is 0.149. The van der Waals surface area contributed by atoms with Crippen molar-refractivity contribution in [1.29, 1.82) is 0 Å². The van der Waals surface area contributed by atoms with Crippen LogP contribution in [0, 0.1) is 6.92 Å². The molecular weight excluding hydrogens is 298 g/mol. The van der Waals surface area contributed by atoms with Gasteiger partial charge in [-0.2, -0.15) is 5.10 Å². The molecule has 3 aromatic rings. The van der Waals surface area contributed by atoms with E-state index >= 15 is 0 Å². The van der Waals surface area contributed by atoms with Gasteiger partial charge < -0.3 is 9.84 Å². The Morgan fingerprint density at radius 1 is 1.32 bits per heavy atom. The maximum absolute atomic E-state index is 10.3. The quantitative estimate of drug-likeness (QED) is 0.768. The van der Waals surface area contributed by atoms with Crippen molar-refractivity contribution in [1.82, 2.24) is 15.2 Å². The van der Waals surface area contributed by atoms with Gasteiger partial charge in [0.15, 0.2) is 0 Å².